The lowest BCUT2D eigenvalue weighted by Gasteiger charge is -2.22. The maximum absolute atomic E-state index is 12.7. The predicted molar refractivity (Wildman–Crippen MR) is 116 cm³/mol. The van der Waals surface area contributed by atoms with E-state index in [0.29, 0.717) is 29.7 Å². The van der Waals surface area contributed by atoms with E-state index in [1.165, 1.54) is 0 Å². The summed E-state index contributed by atoms with van der Waals surface area (Å²) in [5.74, 6) is 0.591. The first kappa shape index (κ1) is 22.8. The molecule has 1 atom stereocenters. The number of rotatable bonds is 9. The van der Waals surface area contributed by atoms with Gasteiger partial charge in [0.1, 0.15) is 11.8 Å². The Balaban J connectivity index is 1.94. The molecule has 156 valence electrons. The van der Waals surface area contributed by atoms with Crippen LogP contribution in [0.15, 0.2) is 48.5 Å². The van der Waals surface area contributed by atoms with Gasteiger partial charge in [-0.25, -0.2) is 0 Å². The Morgan fingerprint density at radius 1 is 1.00 bits per heavy atom. The molecule has 0 saturated carbocycles. The maximum atomic E-state index is 12.7. The van der Waals surface area contributed by atoms with E-state index in [2.05, 4.69) is 24.5 Å². The highest BCUT2D eigenvalue weighted by atomic mass is 35.5. The van der Waals surface area contributed by atoms with Crippen LogP contribution in [-0.2, 0) is 11.3 Å². The Labute approximate surface area is 177 Å². The van der Waals surface area contributed by atoms with Crippen LogP contribution in [-0.4, -0.2) is 24.5 Å². The van der Waals surface area contributed by atoms with Gasteiger partial charge in [0.05, 0.1) is 17.2 Å². The summed E-state index contributed by atoms with van der Waals surface area (Å²) in [6.45, 7) is 9.00. The highest BCUT2D eigenvalue weighted by Crippen LogP contribution is 2.16. The molecule has 2 N–H and O–H groups in total. The van der Waals surface area contributed by atoms with Crippen molar-refractivity contribution in [3.05, 3.63) is 64.7 Å². The predicted octanol–water partition coefficient (Wildman–Crippen LogP) is 4.45. The fourth-order valence-electron chi connectivity index (χ4n) is 2.66. The molecule has 1 unspecified atom stereocenters. The lowest BCUT2D eigenvalue weighted by Crippen LogP contribution is -2.49. The van der Waals surface area contributed by atoms with Gasteiger partial charge in [0.2, 0.25) is 5.91 Å². The summed E-state index contributed by atoms with van der Waals surface area (Å²) in [6, 6.07) is 13.7. The summed E-state index contributed by atoms with van der Waals surface area (Å²) >= 11 is 6.08. The maximum Gasteiger partial charge on any atom is 0.253 e. The fraction of sp³-hybridized carbons (Fsp3) is 0.391. The fourth-order valence-corrected chi connectivity index (χ4v) is 2.89. The lowest BCUT2D eigenvalue weighted by molar-refractivity contribution is -0.124. The van der Waals surface area contributed by atoms with E-state index in [9.17, 15) is 9.59 Å². The van der Waals surface area contributed by atoms with Gasteiger partial charge < -0.3 is 15.4 Å². The summed E-state index contributed by atoms with van der Waals surface area (Å²) < 4.78 is 5.67. The van der Waals surface area contributed by atoms with Crippen LogP contribution in [0.3, 0.4) is 0 Å². The second kappa shape index (κ2) is 10.9. The molecule has 29 heavy (non-hydrogen) atoms. The minimum Gasteiger partial charge on any atom is -0.493 e. The molecule has 2 aromatic rings. The first-order chi connectivity index (χ1) is 13.8. The van der Waals surface area contributed by atoms with Crippen molar-refractivity contribution in [1.29, 1.82) is 0 Å². The minimum atomic E-state index is -0.660. The lowest BCUT2D eigenvalue weighted by atomic mass is 10.0. The van der Waals surface area contributed by atoms with Crippen LogP contribution in [0.25, 0.3) is 0 Å². The highest BCUT2D eigenvalue weighted by Gasteiger charge is 2.25. The first-order valence-electron chi connectivity index (χ1n) is 9.82. The molecular weight excluding hydrogens is 388 g/mol. The number of benzene rings is 2. The standard InChI is InChI=1S/C23H29ClN2O3/c1-15(2)14-29-18-11-9-17(10-12-18)13-25-23(28)21(16(3)4)26-22(27)19-7-5-6-8-20(19)24/h5-12,15-16,21H,13-14H2,1-4H3,(H,25,28)(H,26,27). The second-order valence-corrected chi connectivity index (χ2v) is 8.15. The Bertz CT molecular complexity index is 819. The van der Waals surface area contributed by atoms with Gasteiger partial charge in [-0.3, -0.25) is 9.59 Å². The van der Waals surface area contributed by atoms with E-state index in [1.807, 2.05) is 38.1 Å². The van der Waals surface area contributed by atoms with Crippen molar-refractivity contribution in [2.75, 3.05) is 6.61 Å². The van der Waals surface area contributed by atoms with Crippen LogP contribution in [0.1, 0.15) is 43.6 Å². The van der Waals surface area contributed by atoms with Crippen LogP contribution in [0.2, 0.25) is 5.02 Å². The topological polar surface area (TPSA) is 67.4 Å². The molecule has 2 rings (SSSR count). The average molecular weight is 417 g/mol. The third-order valence-electron chi connectivity index (χ3n) is 4.33. The third-order valence-corrected chi connectivity index (χ3v) is 4.66. The smallest absolute Gasteiger partial charge is 0.253 e. The van der Waals surface area contributed by atoms with E-state index in [4.69, 9.17) is 16.3 Å². The number of carbonyl (C=O) groups excluding carboxylic acids is 2. The molecular formula is C23H29ClN2O3. The first-order valence-corrected chi connectivity index (χ1v) is 10.2. The SMILES string of the molecule is CC(C)COc1ccc(CNC(=O)C(NC(=O)c2ccccc2Cl)C(C)C)cc1. The number of ether oxygens (including phenoxy) is 1. The Hall–Kier alpha value is -2.53. The molecule has 2 aromatic carbocycles. The largest absolute Gasteiger partial charge is 0.493 e. The minimum absolute atomic E-state index is 0.0757. The molecule has 0 aliphatic heterocycles. The van der Waals surface area contributed by atoms with Crippen molar-refractivity contribution < 1.29 is 14.3 Å². The summed E-state index contributed by atoms with van der Waals surface area (Å²) in [4.78, 5) is 25.2. The zero-order chi connectivity index (χ0) is 21.4. The van der Waals surface area contributed by atoms with Gasteiger partial charge >= 0.3 is 0 Å². The molecule has 0 aliphatic carbocycles. The van der Waals surface area contributed by atoms with Crippen LogP contribution in [0.5, 0.6) is 5.75 Å². The zero-order valence-electron chi connectivity index (χ0n) is 17.4. The molecule has 2 amide bonds. The van der Waals surface area contributed by atoms with Crippen LogP contribution in [0.4, 0.5) is 0 Å². The quantitative estimate of drug-likeness (QED) is 0.634. The van der Waals surface area contributed by atoms with Gasteiger partial charge in [-0.2, -0.15) is 0 Å². The molecule has 0 fully saturated rings. The van der Waals surface area contributed by atoms with Crippen molar-refractivity contribution in [3.63, 3.8) is 0 Å². The monoisotopic (exact) mass is 416 g/mol. The molecule has 0 saturated heterocycles. The van der Waals surface area contributed by atoms with Gasteiger partial charge in [0, 0.05) is 6.54 Å². The summed E-state index contributed by atoms with van der Waals surface area (Å²) in [7, 11) is 0. The van der Waals surface area contributed by atoms with Gasteiger partial charge in [-0.05, 0) is 41.7 Å². The Morgan fingerprint density at radius 3 is 2.24 bits per heavy atom. The van der Waals surface area contributed by atoms with Crippen molar-refractivity contribution in [3.8, 4) is 5.75 Å². The van der Waals surface area contributed by atoms with E-state index in [-0.39, 0.29) is 17.7 Å². The Morgan fingerprint density at radius 2 is 1.66 bits per heavy atom. The van der Waals surface area contributed by atoms with E-state index >= 15 is 0 Å². The van der Waals surface area contributed by atoms with Gasteiger partial charge in [-0.1, -0.05) is 63.6 Å². The number of hydrogen-bond acceptors (Lipinski definition) is 3. The van der Waals surface area contributed by atoms with E-state index < -0.39 is 6.04 Å². The molecule has 0 aromatic heterocycles. The highest BCUT2D eigenvalue weighted by molar-refractivity contribution is 6.33. The average Bonchev–Trinajstić information content (AvgIpc) is 2.69. The molecule has 0 aliphatic rings. The van der Waals surface area contributed by atoms with Crippen molar-refractivity contribution in [1.82, 2.24) is 10.6 Å². The van der Waals surface area contributed by atoms with E-state index in [0.717, 1.165) is 11.3 Å². The zero-order valence-corrected chi connectivity index (χ0v) is 18.1. The molecule has 0 radical (unpaired) electrons. The Kier molecular flexibility index (Phi) is 8.52. The van der Waals surface area contributed by atoms with Crippen LogP contribution in [0, 0.1) is 11.8 Å². The van der Waals surface area contributed by atoms with Gasteiger partial charge in [0.25, 0.3) is 5.91 Å². The molecule has 0 bridgehead atoms. The number of nitrogens with one attached hydrogen (secondary N) is 2. The molecule has 5 nitrogen and oxygen atoms in total. The summed E-state index contributed by atoms with van der Waals surface area (Å²) in [5.41, 5.74) is 1.31. The van der Waals surface area contributed by atoms with Gasteiger partial charge in [-0.15, -0.1) is 0 Å². The number of halogens is 1. The molecule has 0 spiro atoms. The van der Waals surface area contributed by atoms with Gasteiger partial charge in [0.15, 0.2) is 0 Å². The van der Waals surface area contributed by atoms with Crippen molar-refractivity contribution in [2.24, 2.45) is 11.8 Å². The molecule has 0 heterocycles. The van der Waals surface area contributed by atoms with Crippen molar-refractivity contribution >= 4 is 23.4 Å². The van der Waals surface area contributed by atoms with E-state index in [1.54, 1.807) is 24.3 Å². The molecule has 6 heteroatoms. The number of amides is 2. The van der Waals surface area contributed by atoms with Crippen LogP contribution >= 0.6 is 11.6 Å². The summed E-state index contributed by atoms with van der Waals surface area (Å²) in [5, 5.41) is 6.04. The van der Waals surface area contributed by atoms with Crippen molar-refractivity contribution in [2.45, 2.75) is 40.3 Å². The second-order valence-electron chi connectivity index (χ2n) is 7.74. The summed E-state index contributed by atoms with van der Waals surface area (Å²) in [6.07, 6.45) is 0. The number of hydrogen-bond donors (Lipinski definition) is 2. The van der Waals surface area contributed by atoms with Crippen LogP contribution < -0.4 is 15.4 Å². The number of carbonyl (C=O) groups is 2. The normalized spacial score (nSPS) is 12.0. The third kappa shape index (κ3) is 7.09.